The second-order valence-corrected chi connectivity index (χ2v) is 8.56. The molecule has 0 saturated carbocycles. The zero-order valence-electron chi connectivity index (χ0n) is 15.2. The second-order valence-electron chi connectivity index (χ2n) is 8.56. The van der Waals surface area contributed by atoms with Crippen LogP contribution >= 0.6 is 0 Å². The van der Waals surface area contributed by atoms with Crippen molar-refractivity contribution in [2.75, 3.05) is 6.79 Å². The molecular weight excluding hydrogens is 284 g/mol. The summed E-state index contributed by atoms with van der Waals surface area (Å²) in [5, 5.41) is 0. The zero-order chi connectivity index (χ0) is 16.3. The van der Waals surface area contributed by atoms with Crippen LogP contribution in [-0.2, 0) is 0 Å². The molecule has 0 radical (unpaired) electrons. The average Bonchev–Trinajstić information content (AvgIpc) is 2.95. The molecule has 1 aromatic carbocycles. The monoisotopic (exact) mass is 314 g/mol. The van der Waals surface area contributed by atoms with Gasteiger partial charge >= 0.3 is 0 Å². The van der Waals surface area contributed by atoms with Crippen molar-refractivity contribution < 1.29 is 9.47 Å². The van der Waals surface area contributed by atoms with Crippen LogP contribution in [0.25, 0.3) is 0 Å². The fourth-order valence-electron chi connectivity index (χ4n) is 5.56. The summed E-state index contributed by atoms with van der Waals surface area (Å²) in [4.78, 5) is 0. The van der Waals surface area contributed by atoms with Gasteiger partial charge < -0.3 is 9.47 Å². The lowest BCUT2D eigenvalue weighted by atomic mass is 9.61. The van der Waals surface area contributed by atoms with Crippen LogP contribution in [0.3, 0.4) is 0 Å². The molecule has 2 heteroatoms. The summed E-state index contributed by atoms with van der Waals surface area (Å²) >= 11 is 0. The molecule has 1 heterocycles. The van der Waals surface area contributed by atoms with E-state index in [0.717, 1.165) is 29.3 Å². The summed E-state index contributed by atoms with van der Waals surface area (Å²) in [5.74, 6) is 5.68. The quantitative estimate of drug-likeness (QED) is 0.679. The van der Waals surface area contributed by atoms with Gasteiger partial charge in [-0.05, 0) is 78.9 Å². The lowest BCUT2D eigenvalue weighted by Crippen LogP contribution is -2.29. The topological polar surface area (TPSA) is 18.5 Å². The van der Waals surface area contributed by atoms with Crippen molar-refractivity contribution in [1.29, 1.82) is 0 Å². The predicted octanol–water partition coefficient (Wildman–Crippen LogP) is 5.87. The molecule has 0 bridgehead atoms. The Morgan fingerprint density at radius 1 is 1.00 bits per heavy atom. The van der Waals surface area contributed by atoms with E-state index in [4.69, 9.17) is 9.47 Å². The highest BCUT2D eigenvalue weighted by atomic mass is 16.7. The van der Waals surface area contributed by atoms with E-state index >= 15 is 0 Å². The lowest BCUT2D eigenvalue weighted by Gasteiger charge is -2.44. The highest BCUT2D eigenvalue weighted by molar-refractivity contribution is 5.65. The first-order valence-corrected chi connectivity index (χ1v) is 9.44. The summed E-state index contributed by atoms with van der Waals surface area (Å²) in [6.07, 6.45) is 5.26. The normalized spacial score (nSPS) is 31.4. The highest BCUT2D eigenvalue weighted by Crippen LogP contribution is 2.59. The van der Waals surface area contributed by atoms with Crippen LogP contribution in [0, 0.1) is 18.8 Å². The molecule has 0 fully saturated rings. The van der Waals surface area contributed by atoms with Crippen LogP contribution in [0.2, 0.25) is 0 Å². The van der Waals surface area contributed by atoms with E-state index in [1.807, 2.05) is 0 Å². The van der Waals surface area contributed by atoms with Crippen molar-refractivity contribution in [1.82, 2.24) is 0 Å². The summed E-state index contributed by atoms with van der Waals surface area (Å²) in [6.45, 7) is 12.2. The summed E-state index contributed by atoms with van der Waals surface area (Å²) in [5.41, 5.74) is 6.16. The molecule has 0 saturated heterocycles. The number of fused-ring (bicyclic) bond motifs is 2. The zero-order valence-corrected chi connectivity index (χ0v) is 15.2. The molecule has 1 aromatic rings. The minimum atomic E-state index is 0.397. The predicted molar refractivity (Wildman–Crippen MR) is 93.7 cm³/mol. The largest absolute Gasteiger partial charge is 0.453 e. The summed E-state index contributed by atoms with van der Waals surface area (Å²) < 4.78 is 11.9. The number of ether oxygens (including phenoxy) is 2. The smallest absolute Gasteiger partial charge is 0.231 e. The Labute approximate surface area is 140 Å². The molecule has 0 spiro atoms. The third-order valence-electron chi connectivity index (χ3n) is 6.46. The van der Waals surface area contributed by atoms with E-state index < -0.39 is 0 Å². The minimum absolute atomic E-state index is 0.397. The van der Waals surface area contributed by atoms with E-state index in [2.05, 4.69) is 34.6 Å². The van der Waals surface area contributed by atoms with E-state index in [1.165, 1.54) is 36.8 Å². The Bertz CT molecular complexity index is 631. The van der Waals surface area contributed by atoms with Gasteiger partial charge in [0, 0.05) is 5.56 Å². The van der Waals surface area contributed by atoms with Crippen molar-refractivity contribution in [3.05, 3.63) is 22.3 Å². The molecular formula is C21H30O2. The Hall–Kier alpha value is -1.18. The SMILES string of the molecule is Cc1c2c(c3c4c1[C@H](CC(C)C)C[C@H](C)[C@H]4CC[C@@H]3C)OCO2. The Morgan fingerprint density at radius 2 is 1.74 bits per heavy atom. The molecule has 2 nitrogen and oxygen atoms in total. The maximum Gasteiger partial charge on any atom is 0.231 e. The second kappa shape index (κ2) is 5.43. The van der Waals surface area contributed by atoms with Crippen molar-refractivity contribution in [2.24, 2.45) is 11.8 Å². The first kappa shape index (κ1) is 15.4. The Morgan fingerprint density at radius 3 is 2.48 bits per heavy atom. The van der Waals surface area contributed by atoms with Gasteiger partial charge in [-0.25, -0.2) is 0 Å². The molecule has 1 aliphatic heterocycles. The minimum Gasteiger partial charge on any atom is -0.453 e. The van der Waals surface area contributed by atoms with Gasteiger partial charge in [0.05, 0.1) is 0 Å². The summed E-state index contributed by atoms with van der Waals surface area (Å²) in [6, 6.07) is 0. The van der Waals surface area contributed by atoms with E-state index in [-0.39, 0.29) is 0 Å². The number of rotatable bonds is 2. The van der Waals surface area contributed by atoms with Gasteiger partial charge in [-0.3, -0.25) is 0 Å². The van der Waals surface area contributed by atoms with Crippen LogP contribution in [0.1, 0.15) is 93.4 Å². The fourth-order valence-corrected chi connectivity index (χ4v) is 5.56. The summed E-state index contributed by atoms with van der Waals surface area (Å²) in [7, 11) is 0. The maximum absolute atomic E-state index is 5.95. The molecule has 126 valence electrons. The molecule has 23 heavy (non-hydrogen) atoms. The molecule has 0 amide bonds. The van der Waals surface area contributed by atoms with Crippen LogP contribution in [0.15, 0.2) is 0 Å². The Kier molecular flexibility index (Phi) is 3.62. The number of benzene rings is 1. The molecule has 0 aromatic heterocycles. The van der Waals surface area contributed by atoms with Crippen molar-refractivity contribution >= 4 is 0 Å². The van der Waals surface area contributed by atoms with Crippen molar-refractivity contribution in [2.45, 2.75) is 78.1 Å². The van der Waals surface area contributed by atoms with Gasteiger partial charge in [0.25, 0.3) is 0 Å². The lowest BCUT2D eigenvalue weighted by molar-refractivity contribution is 0.172. The van der Waals surface area contributed by atoms with Crippen LogP contribution in [0.4, 0.5) is 0 Å². The van der Waals surface area contributed by atoms with Gasteiger partial charge in [0.1, 0.15) is 0 Å². The number of hydrogen-bond acceptors (Lipinski definition) is 2. The van der Waals surface area contributed by atoms with Gasteiger partial charge in [-0.2, -0.15) is 0 Å². The van der Waals surface area contributed by atoms with Gasteiger partial charge in [0.15, 0.2) is 11.5 Å². The van der Waals surface area contributed by atoms with Gasteiger partial charge in [0.2, 0.25) is 6.79 Å². The van der Waals surface area contributed by atoms with E-state index in [0.29, 0.717) is 18.6 Å². The van der Waals surface area contributed by atoms with Gasteiger partial charge in [-0.15, -0.1) is 0 Å². The molecule has 3 aliphatic rings. The third-order valence-corrected chi connectivity index (χ3v) is 6.46. The molecule has 4 atom stereocenters. The maximum atomic E-state index is 5.95. The average molecular weight is 314 g/mol. The fraction of sp³-hybridized carbons (Fsp3) is 0.714. The van der Waals surface area contributed by atoms with E-state index in [1.54, 1.807) is 11.1 Å². The van der Waals surface area contributed by atoms with Crippen molar-refractivity contribution in [3.63, 3.8) is 0 Å². The standard InChI is InChI=1S/C21H30O2/c1-11(2)8-15-9-13(4)16-7-6-12(3)17-19(16)18(15)14(5)20-21(17)23-10-22-20/h11-13,15-16H,6-10H2,1-5H3/t12-,13-,15+,16+/m0/s1. The molecule has 0 unspecified atom stereocenters. The molecule has 0 N–H and O–H groups in total. The van der Waals surface area contributed by atoms with Gasteiger partial charge in [-0.1, -0.05) is 27.7 Å². The van der Waals surface area contributed by atoms with Crippen molar-refractivity contribution in [3.8, 4) is 11.5 Å². The first-order chi connectivity index (χ1) is 11.0. The molecule has 4 rings (SSSR count). The van der Waals surface area contributed by atoms with E-state index in [9.17, 15) is 0 Å². The Balaban J connectivity index is 1.97. The molecule has 2 aliphatic carbocycles. The first-order valence-electron chi connectivity index (χ1n) is 9.44. The third kappa shape index (κ3) is 2.21. The van der Waals surface area contributed by atoms with Crippen LogP contribution < -0.4 is 9.47 Å². The van der Waals surface area contributed by atoms with Crippen LogP contribution in [-0.4, -0.2) is 6.79 Å². The highest BCUT2D eigenvalue weighted by Gasteiger charge is 2.42. The number of hydrogen-bond donors (Lipinski definition) is 0. The van der Waals surface area contributed by atoms with Crippen LogP contribution in [0.5, 0.6) is 11.5 Å².